The van der Waals surface area contributed by atoms with Gasteiger partial charge in [-0.2, -0.15) is 0 Å². The fourth-order valence-corrected chi connectivity index (χ4v) is 2.27. The van der Waals surface area contributed by atoms with Crippen LogP contribution in [0.4, 0.5) is 0 Å². The van der Waals surface area contributed by atoms with Gasteiger partial charge in [0.1, 0.15) is 0 Å². The maximum absolute atomic E-state index is 11.6. The van der Waals surface area contributed by atoms with Crippen LogP contribution in [0.1, 0.15) is 13.3 Å². The Hall–Kier alpha value is -0.885. The summed E-state index contributed by atoms with van der Waals surface area (Å²) in [5, 5.41) is 17.7. The van der Waals surface area contributed by atoms with Gasteiger partial charge in [0.2, 0.25) is 10.0 Å². The Morgan fingerprint density at radius 1 is 1.25 bits per heavy atom. The van der Waals surface area contributed by atoms with Crippen LogP contribution in [0.2, 0.25) is 0 Å². The molecule has 0 aliphatic carbocycles. The highest BCUT2D eigenvalue weighted by molar-refractivity contribution is 7.89. The van der Waals surface area contributed by atoms with Gasteiger partial charge in [-0.1, -0.05) is 19.1 Å². The number of sulfonamides is 1. The summed E-state index contributed by atoms with van der Waals surface area (Å²) in [6, 6.07) is 5.41. The minimum absolute atomic E-state index is 0.116. The summed E-state index contributed by atoms with van der Waals surface area (Å²) in [6.45, 7) is 2.25. The highest BCUT2D eigenvalue weighted by Gasteiger charge is 2.15. The molecule has 0 aliphatic rings. The summed E-state index contributed by atoms with van der Waals surface area (Å²) in [4.78, 5) is 0.116. The van der Waals surface area contributed by atoms with Gasteiger partial charge in [0.05, 0.1) is 4.90 Å². The van der Waals surface area contributed by atoms with Gasteiger partial charge in [-0.15, -0.1) is 0 Å². The first-order valence-corrected chi connectivity index (χ1v) is 6.41. The minimum Gasteiger partial charge on any atom is -0.423 e. The summed E-state index contributed by atoms with van der Waals surface area (Å²) >= 11 is 0. The second-order valence-electron chi connectivity index (χ2n) is 3.34. The van der Waals surface area contributed by atoms with Crippen LogP contribution in [0, 0.1) is 0 Å². The molecule has 0 saturated carbocycles. The number of hydrogen-bond acceptors (Lipinski definition) is 4. The van der Waals surface area contributed by atoms with Gasteiger partial charge < -0.3 is 10.0 Å². The Morgan fingerprint density at radius 2 is 1.81 bits per heavy atom. The highest BCUT2D eigenvalue weighted by Crippen LogP contribution is 2.06. The summed E-state index contributed by atoms with van der Waals surface area (Å²) in [6.07, 6.45) is 0.715. The first-order chi connectivity index (χ1) is 7.47. The lowest BCUT2D eigenvalue weighted by molar-refractivity contribution is 0.425. The third kappa shape index (κ3) is 3.31. The van der Waals surface area contributed by atoms with Crippen molar-refractivity contribution in [3.8, 4) is 0 Å². The van der Waals surface area contributed by atoms with Crippen molar-refractivity contribution in [1.82, 2.24) is 4.72 Å². The molecule has 1 rings (SSSR count). The maximum atomic E-state index is 11.6. The van der Waals surface area contributed by atoms with Crippen LogP contribution in [0.5, 0.6) is 0 Å². The third-order valence-electron chi connectivity index (χ3n) is 2.03. The molecule has 88 valence electrons. The molecule has 0 unspecified atom stereocenters. The van der Waals surface area contributed by atoms with E-state index in [0.717, 1.165) is 0 Å². The first-order valence-electron chi connectivity index (χ1n) is 4.93. The fraction of sp³-hybridized carbons (Fsp3) is 0.333. The zero-order valence-electron chi connectivity index (χ0n) is 8.92. The average Bonchev–Trinajstić information content (AvgIpc) is 2.26. The van der Waals surface area contributed by atoms with Crippen molar-refractivity contribution >= 4 is 22.6 Å². The molecule has 0 bridgehead atoms. The Balaban J connectivity index is 2.89. The number of hydrogen-bond donors (Lipinski definition) is 3. The van der Waals surface area contributed by atoms with Crippen molar-refractivity contribution in [1.29, 1.82) is 0 Å². The van der Waals surface area contributed by atoms with E-state index in [1.54, 1.807) is 0 Å². The van der Waals surface area contributed by atoms with Crippen molar-refractivity contribution in [3.63, 3.8) is 0 Å². The largest absolute Gasteiger partial charge is 0.488 e. The van der Waals surface area contributed by atoms with Crippen LogP contribution in [0.25, 0.3) is 0 Å². The monoisotopic (exact) mass is 243 g/mol. The van der Waals surface area contributed by atoms with Gasteiger partial charge in [-0.05, 0) is 24.0 Å². The first kappa shape index (κ1) is 13.2. The van der Waals surface area contributed by atoms with E-state index in [-0.39, 0.29) is 10.4 Å². The molecule has 0 heterocycles. The van der Waals surface area contributed by atoms with E-state index in [0.29, 0.717) is 13.0 Å². The predicted molar refractivity (Wildman–Crippen MR) is 61.7 cm³/mol. The summed E-state index contributed by atoms with van der Waals surface area (Å²) < 4.78 is 25.7. The number of nitrogens with one attached hydrogen (secondary N) is 1. The van der Waals surface area contributed by atoms with Crippen LogP contribution < -0.4 is 10.2 Å². The standard InChI is InChI=1S/C9H14BNO4S/c1-2-7-11-16(14,15)9-5-3-8(4-6-9)10(12)13/h3-6,11-13H,2,7H2,1H3. The lowest BCUT2D eigenvalue weighted by Gasteiger charge is -2.06. The average molecular weight is 243 g/mol. The predicted octanol–water partition coefficient (Wildman–Crippen LogP) is -0.945. The van der Waals surface area contributed by atoms with Gasteiger partial charge >= 0.3 is 7.12 Å². The SMILES string of the molecule is CCCNS(=O)(=O)c1ccc(B(O)O)cc1. The second-order valence-corrected chi connectivity index (χ2v) is 5.11. The Morgan fingerprint density at radius 3 is 2.25 bits per heavy atom. The molecule has 0 amide bonds. The molecule has 1 aromatic rings. The molecular weight excluding hydrogens is 229 g/mol. The molecule has 0 atom stereocenters. The van der Waals surface area contributed by atoms with Gasteiger partial charge in [-0.25, -0.2) is 13.1 Å². The lowest BCUT2D eigenvalue weighted by atomic mass is 9.81. The Bertz CT molecular complexity index is 429. The topological polar surface area (TPSA) is 86.6 Å². The Labute approximate surface area is 95.3 Å². The van der Waals surface area contributed by atoms with Crippen LogP contribution in [0.3, 0.4) is 0 Å². The van der Waals surface area contributed by atoms with Crippen LogP contribution in [-0.4, -0.2) is 32.1 Å². The van der Waals surface area contributed by atoms with Crippen LogP contribution >= 0.6 is 0 Å². The number of rotatable bonds is 5. The van der Waals surface area contributed by atoms with Crippen molar-refractivity contribution < 1.29 is 18.5 Å². The molecule has 5 nitrogen and oxygen atoms in total. The van der Waals surface area contributed by atoms with Gasteiger partial charge in [0.25, 0.3) is 0 Å². The molecule has 7 heteroatoms. The van der Waals surface area contributed by atoms with Crippen LogP contribution in [-0.2, 0) is 10.0 Å². The smallest absolute Gasteiger partial charge is 0.423 e. The normalized spacial score (nSPS) is 11.4. The zero-order chi connectivity index (χ0) is 12.2. The van der Waals surface area contributed by atoms with Gasteiger partial charge in [-0.3, -0.25) is 0 Å². The summed E-state index contributed by atoms with van der Waals surface area (Å²) in [5.41, 5.74) is 0.259. The molecule has 0 spiro atoms. The highest BCUT2D eigenvalue weighted by atomic mass is 32.2. The fourth-order valence-electron chi connectivity index (χ4n) is 1.14. The van der Waals surface area contributed by atoms with Crippen molar-refractivity contribution in [2.75, 3.05) is 6.54 Å². The third-order valence-corrected chi connectivity index (χ3v) is 3.51. The van der Waals surface area contributed by atoms with Crippen molar-refractivity contribution in [3.05, 3.63) is 24.3 Å². The van der Waals surface area contributed by atoms with Crippen LogP contribution in [0.15, 0.2) is 29.2 Å². The van der Waals surface area contributed by atoms with Gasteiger partial charge in [0, 0.05) is 6.54 Å². The Kier molecular flexibility index (Phi) is 4.49. The second kappa shape index (κ2) is 5.45. The minimum atomic E-state index is -3.48. The van der Waals surface area contributed by atoms with E-state index < -0.39 is 17.1 Å². The van der Waals surface area contributed by atoms with E-state index in [1.807, 2.05) is 6.92 Å². The maximum Gasteiger partial charge on any atom is 0.488 e. The van der Waals surface area contributed by atoms with E-state index in [2.05, 4.69) is 4.72 Å². The molecule has 0 fully saturated rings. The summed E-state index contributed by atoms with van der Waals surface area (Å²) in [7, 11) is -5.06. The van der Waals surface area contributed by atoms with E-state index >= 15 is 0 Å². The molecule has 0 radical (unpaired) electrons. The van der Waals surface area contributed by atoms with E-state index in [4.69, 9.17) is 10.0 Å². The lowest BCUT2D eigenvalue weighted by Crippen LogP contribution is -2.30. The zero-order valence-corrected chi connectivity index (χ0v) is 9.74. The molecule has 0 saturated heterocycles. The molecule has 0 aliphatic heterocycles. The van der Waals surface area contributed by atoms with E-state index in [1.165, 1.54) is 24.3 Å². The molecule has 16 heavy (non-hydrogen) atoms. The van der Waals surface area contributed by atoms with Crippen molar-refractivity contribution in [2.24, 2.45) is 0 Å². The summed E-state index contributed by atoms with van der Waals surface area (Å²) in [5.74, 6) is 0. The molecule has 0 aromatic heterocycles. The van der Waals surface area contributed by atoms with Gasteiger partial charge in [0.15, 0.2) is 0 Å². The quantitative estimate of drug-likeness (QED) is 0.582. The van der Waals surface area contributed by atoms with Crippen molar-refractivity contribution in [2.45, 2.75) is 18.2 Å². The van der Waals surface area contributed by atoms with E-state index in [9.17, 15) is 8.42 Å². The molecular formula is C9H14BNO4S. The number of benzene rings is 1. The molecule has 3 N–H and O–H groups in total. The molecule has 1 aromatic carbocycles.